The van der Waals surface area contributed by atoms with Crippen LogP contribution in [0.25, 0.3) is 22.5 Å². The molecule has 17 heavy (non-hydrogen) atoms. The molecule has 4 N–H and O–H groups in total. The van der Waals surface area contributed by atoms with E-state index in [1.165, 1.54) is 0 Å². The van der Waals surface area contributed by atoms with E-state index in [9.17, 15) is 0 Å². The number of aromatic nitrogens is 5. The molecule has 3 rings (SSSR count). The molecule has 0 fully saturated rings. The van der Waals surface area contributed by atoms with Crippen molar-refractivity contribution in [1.29, 1.82) is 0 Å². The quantitative estimate of drug-likeness (QED) is 0.616. The zero-order valence-corrected chi connectivity index (χ0v) is 8.88. The Hall–Kier alpha value is -2.63. The SMILES string of the molecule is Nc1n[nH]c(-c2ccn[nH]2)c1-c1ccncc1. The fourth-order valence-corrected chi connectivity index (χ4v) is 1.76. The average molecular weight is 226 g/mol. The summed E-state index contributed by atoms with van der Waals surface area (Å²) in [5.74, 6) is 0.459. The molecule has 0 aliphatic rings. The molecule has 0 aliphatic heterocycles. The molecule has 84 valence electrons. The van der Waals surface area contributed by atoms with Crippen molar-refractivity contribution in [3.8, 4) is 22.5 Å². The lowest BCUT2D eigenvalue weighted by Gasteiger charge is -2.01. The summed E-state index contributed by atoms with van der Waals surface area (Å²) in [6, 6.07) is 5.64. The molecule has 0 unspecified atom stereocenters. The van der Waals surface area contributed by atoms with Crippen LogP contribution in [0.5, 0.6) is 0 Å². The zero-order chi connectivity index (χ0) is 11.7. The van der Waals surface area contributed by atoms with E-state index in [1.54, 1.807) is 18.6 Å². The summed E-state index contributed by atoms with van der Waals surface area (Å²) < 4.78 is 0. The first-order valence-corrected chi connectivity index (χ1v) is 5.10. The van der Waals surface area contributed by atoms with Crippen molar-refractivity contribution in [3.63, 3.8) is 0 Å². The van der Waals surface area contributed by atoms with E-state index in [-0.39, 0.29) is 0 Å². The summed E-state index contributed by atoms with van der Waals surface area (Å²) in [4.78, 5) is 3.99. The topological polar surface area (TPSA) is 96.3 Å². The highest BCUT2D eigenvalue weighted by atomic mass is 15.2. The molecular formula is C11H10N6. The lowest BCUT2D eigenvalue weighted by atomic mass is 10.1. The fourth-order valence-electron chi connectivity index (χ4n) is 1.76. The first-order valence-electron chi connectivity index (χ1n) is 5.10. The number of nitrogens with one attached hydrogen (secondary N) is 2. The normalized spacial score (nSPS) is 10.6. The molecule has 0 amide bonds. The second kappa shape index (κ2) is 3.75. The second-order valence-electron chi connectivity index (χ2n) is 3.57. The first-order chi connectivity index (χ1) is 8.36. The summed E-state index contributed by atoms with van der Waals surface area (Å²) >= 11 is 0. The van der Waals surface area contributed by atoms with Crippen LogP contribution in [-0.4, -0.2) is 25.4 Å². The number of hydrogen-bond acceptors (Lipinski definition) is 4. The van der Waals surface area contributed by atoms with Gasteiger partial charge in [-0.15, -0.1) is 0 Å². The van der Waals surface area contributed by atoms with Gasteiger partial charge in [-0.2, -0.15) is 10.2 Å². The first kappa shape index (κ1) is 9.59. The number of rotatable bonds is 2. The van der Waals surface area contributed by atoms with Gasteiger partial charge in [0.1, 0.15) is 0 Å². The molecule has 0 radical (unpaired) electrons. The third-order valence-electron chi connectivity index (χ3n) is 2.53. The molecule has 0 saturated carbocycles. The minimum absolute atomic E-state index is 0.459. The van der Waals surface area contributed by atoms with Gasteiger partial charge in [0, 0.05) is 18.6 Å². The number of nitrogens with two attached hydrogens (primary N) is 1. The molecule has 3 aromatic heterocycles. The molecule has 3 aromatic rings. The molecular weight excluding hydrogens is 216 g/mol. The van der Waals surface area contributed by atoms with Crippen molar-refractivity contribution < 1.29 is 0 Å². The summed E-state index contributed by atoms with van der Waals surface area (Å²) in [7, 11) is 0. The lowest BCUT2D eigenvalue weighted by Crippen LogP contribution is -1.89. The van der Waals surface area contributed by atoms with Gasteiger partial charge in [0.05, 0.1) is 17.0 Å². The zero-order valence-electron chi connectivity index (χ0n) is 8.88. The van der Waals surface area contributed by atoms with Gasteiger partial charge >= 0.3 is 0 Å². The number of nitrogens with zero attached hydrogens (tertiary/aromatic N) is 3. The van der Waals surface area contributed by atoms with Crippen molar-refractivity contribution in [2.45, 2.75) is 0 Å². The number of nitrogen functional groups attached to an aromatic ring is 1. The van der Waals surface area contributed by atoms with Crippen LogP contribution in [-0.2, 0) is 0 Å². The van der Waals surface area contributed by atoms with Crippen LogP contribution in [0.3, 0.4) is 0 Å². The van der Waals surface area contributed by atoms with Gasteiger partial charge in [-0.25, -0.2) is 0 Å². The third-order valence-corrected chi connectivity index (χ3v) is 2.53. The molecule has 0 aliphatic carbocycles. The van der Waals surface area contributed by atoms with Gasteiger partial charge in [0.15, 0.2) is 5.82 Å². The van der Waals surface area contributed by atoms with Crippen LogP contribution in [0.15, 0.2) is 36.8 Å². The van der Waals surface area contributed by atoms with E-state index in [0.29, 0.717) is 5.82 Å². The second-order valence-corrected chi connectivity index (χ2v) is 3.57. The Morgan fingerprint density at radius 1 is 1.00 bits per heavy atom. The molecule has 3 heterocycles. The van der Waals surface area contributed by atoms with Gasteiger partial charge in [-0.1, -0.05) is 0 Å². The van der Waals surface area contributed by atoms with E-state index in [1.807, 2.05) is 18.2 Å². The Kier molecular flexibility index (Phi) is 2.11. The number of H-pyrrole nitrogens is 2. The molecule has 6 heteroatoms. The maximum Gasteiger partial charge on any atom is 0.153 e. The van der Waals surface area contributed by atoms with Crippen molar-refractivity contribution in [2.24, 2.45) is 0 Å². The van der Waals surface area contributed by atoms with Gasteiger partial charge in [0.25, 0.3) is 0 Å². The van der Waals surface area contributed by atoms with Crippen molar-refractivity contribution in [3.05, 3.63) is 36.8 Å². The Morgan fingerprint density at radius 3 is 2.53 bits per heavy atom. The van der Waals surface area contributed by atoms with Crippen molar-refractivity contribution >= 4 is 5.82 Å². The van der Waals surface area contributed by atoms with Crippen LogP contribution >= 0.6 is 0 Å². The highest BCUT2D eigenvalue weighted by molar-refractivity contribution is 5.86. The van der Waals surface area contributed by atoms with Gasteiger partial charge in [0.2, 0.25) is 0 Å². The average Bonchev–Trinajstić information content (AvgIpc) is 2.98. The number of anilines is 1. The van der Waals surface area contributed by atoms with Gasteiger partial charge in [-0.3, -0.25) is 15.2 Å². The molecule has 0 saturated heterocycles. The number of hydrogen-bond donors (Lipinski definition) is 3. The maximum atomic E-state index is 5.88. The highest BCUT2D eigenvalue weighted by Crippen LogP contribution is 2.32. The van der Waals surface area contributed by atoms with Crippen LogP contribution in [0.4, 0.5) is 5.82 Å². The van der Waals surface area contributed by atoms with Crippen LogP contribution in [0.1, 0.15) is 0 Å². The van der Waals surface area contributed by atoms with Crippen LogP contribution < -0.4 is 5.73 Å². The van der Waals surface area contributed by atoms with E-state index < -0.39 is 0 Å². The van der Waals surface area contributed by atoms with Gasteiger partial charge < -0.3 is 5.73 Å². The maximum absolute atomic E-state index is 5.88. The fraction of sp³-hybridized carbons (Fsp3) is 0. The lowest BCUT2D eigenvalue weighted by molar-refractivity contribution is 1.06. The van der Waals surface area contributed by atoms with Crippen LogP contribution in [0, 0.1) is 0 Å². The molecule has 6 nitrogen and oxygen atoms in total. The summed E-state index contributed by atoms with van der Waals surface area (Å²) in [6.07, 6.45) is 5.12. The Morgan fingerprint density at radius 2 is 1.82 bits per heavy atom. The van der Waals surface area contributed by atoms with E-state index >= 15 is 0 Å². The third kappa shape index (κ3) is 1.55. The minimum Gasteiger partial charge on any atom is -0.382 e. The summed E-state index contributed by atoms with van der Waals surface area (Å²) in [6.45, 7) is 0. The Bertz CT molecular complexity index is 611. The molecule has 0 spiro atoms. The molecule has 0 atom stereocenters. The summed E-state index contributed by atoms with van der Waals surface area (Å²) in [5.41, 5.74) is 9.38. The Balaban J connectivity index is 2.20. The smallest absolute Gasteiger partial charge is 0.153 e. The number of pyridine rings is 1. The Labute approximate surface area is 96.9 Å². The largest absolute Gasteiger partial charge is 0.382 e. The van der Waals surface area contributed by atoms with E-state index in [2.05, 4.69) is 25.4 Å². The standard InChI is InChI=1S/C11H10N6/c12-11-9(7-1-4-13-5-2-7)10(16-17-11)8-3-6-14-15-8/h1-6H,(H,14,15)(H3,12,16,17). The van der Waals surface area contributed by atoms with Crippen molar-refractivity contribution in [2.75, 3.05) is 5.73 Å². The predicted octanol–water partition coefficient (Wildman–Crippen LogP) is 1.44. The predicted molar refractivity (Wildman–Crippen MR) is 63.8 cm³/mol. The summed E-state index contributed by atoms with van der Waals surface area (Å²) in [5, 5.41) is 13.7. The molecule has 0 aromatic carbocycles. The van der Waals surface area contributed by atoms with E-state index in [4.69, 9.17) is 5.73 Å². The minimum atomic E-state index is 0.459. The highest BCUT2D eigenvalue weighted by Gasteiger charge is 2.15. The van der Waals surface area contributed by atoms with Gasteiger partial charge in [-0.05, 0) is 23.8 Å². The van der Waals surface area contributed by atoms with Crippen molar-refractivity contribution in [1.82, 2.24) is 25.4 Å². The molecule has 0 bridgehead atoms. The monoisotopic (exact) mass is 226 g/mol. The van der Waals surface area contributed by atoms with Crippen LogP contribution in [0.2, 0.25) is 0 Å². The van der Waals surface area contributed by atoms with E-state index in [0.717, 1.165) is 22.5 Å². The number of aromatic amines is 2.